The Morgan fingerprint density at radius 3 is 2.76 bits per heavy atom. The van der Waals surface area contributed by atoms with Gasteiger partial charge in [0.1, 0.15) is 12.1 Å². The summed E-state index contributed by atoms with van der Waals surface area (Å²) in [5.41, 5.74) is 11.6. The number of aromatic nitrogens is 6. The Balaban J connectivity index is 1.76. The first-order valence-corrected chi connectivity index (χ1v) is 9.25. The molecule has 3 N–H and O–H groups in total. The molecule has 5 heterocycles. The van der Waals surface area contributed by atoms with Crippen LogP contribution < -0.4 is 5.73 Å². The third-order valence-corrected chi connectivity index (χ3v) is 5.24. The summed E-state index contributed by atoms with van der Waals surface area (Å²) in [7, 11) is 0. The zero-order valence-electron chi connectivity index (χ0n) is 16.0. The summed E-state index contributed by atoms with van der Waals surface area (Å²) in [6.07, 6.45) is 5.15. The average molecular weight is 385 g/mol. The minimum atomic E-state index is -0.121. The number of nitrogens with two attached hydrogens (primary N) is 1. The van der Waals surface area contributed by atoms with Gasteiger partial charge in [0.25, 0.3) is 0 Å². The number of hydrogen-bond acceptors (Lipinski definition) is 6. The Bertz CT molecular complexity index is 1350. The first kappa shape index (κ1) is 17.2. The van der Waals surface area contributed by atoms with Gasteiger partial charge in [-0.1, -0.05) is 6.07 Å². The van der Waals surface area contributed by atoms with Crippen molar-refractivity contribution in [2.75, 3.05) is 5.73 Å². The molecule has 1 atom stereocenters. The van der Waals surface area contributed by atoms with Crippen molar-refractivity contribution in [2.45, 2.75) is 19.9 Å². The molecule has 0 amide bonds. The topological polar surface area (TPSA) is 107 Å². The quantitative estimate of drug-likeness (QED) is 0.493. The number of fused-ring (bicyclic) bond motifs is 2. The normalized spacial score (nSPS) is 12.6. The highest BCUT2D eigenvalue weighted by Crippen LogP contribution is 2.35. The molecule has 0 saturated heterocycles. The molecular formula is C21H19N7O. The van der Waals surface area contributed by atoms with Crippen molar-refractivity contribution in [1.29, 1.82) is 0 Å². The van der Waals surface area contributed by atoms with Crippen LogP contribution in [0.4, 0.5) is 5.82 Å². The minimum absolute atomic E-state index is 0.00918. The monoisotopic (exact) mass is 385 g/mol. The molecule has 0 bridgehead atoms. The summed E-state index contributed by atoms with van der Waals surface area (Å²) in [5, 5.41) is 15.1. The van der Waals surface area contributed by atoms with Crippen LogP contribution in [0.5, 0.6) is 5.88 Å². The summed E-state index contributed by atoms with van der Waals surface area (Å²) in [4.78, 5) is 12.6. The number of hydrogen-bond donors (Lipinski definition) is 2. The molecule has 29 heavy (non-hydrogen) atoms. The van der Waals surface area contributed by atoms with Crippen molar-refractivity contribution in [2.24, 2.45) is 0 Å². The van der Waals surface area contributed by atoms with Crippen molar-refractivity contribution in [3.63, 3.8) is 0 Å². The van der Waals surface area contributed by atoms with Gasteiger partial charge in [-0.05, 0) is 38.1 Å². The van der Waals surface area contributed by atoms with E-state index in [9.17, 15) is 5.11 Å². The van der Waals surface area contributed by atoms with Crippen molar-refractivity contribution >= 4 is 22.4 Å². The van der Waals surface area contributed by atoms with E-state index in [0.29, 0.717) is 11.5 Å². The van der Waals surface area contributed by atoms with E-state index in [1.54, 1.807) is 12.3 Å². The number of aryl methyl sites for hydroxylation is 1. The standard InChI is InChI=1S/C21H19N7O/c1-12-18-20(22)24-11-25-21(18)28(26-12)13(2)16-9-15-5-3-4-8-27(15)19(16)14-6-7-17(29)23-10-14/h3-11,13H,1-2H3,(H,23,29)(H2,22,24,25). The van der Waals surface area contributed by atoms with Crippen LogP contribution in [-0.4, -0.2) is 34.2 Å². The molecule has 1 unspecified atom stereocenters. The maximum Gasteiger partial charge on any atom is 0.210 e. The Hall–Kier alpha value is -3.94. The summed E-state index contributed by atoms with van der Waals surface area (Å²) in [6, 6.07) is 11.5. The molecule has 8 nitrogen and oxygen atoms in total. The largest absolute Gasteiger partial charge is 0.493 e. The number of pyridine rings is 2. The van der Waals surface area contributed by atoms with Gasteiger partial charge in [-0.15, -0.1) is 0 Å². The van der Waals surface area contributed by atoms with Crippen LogP contribution in [0, 0.1) is 6.92 Å². The molecular weight excluding hydrogens is 366 g/mol. The Morgan fingerprint density at radius 1 is 1.10 bits per heavy atom. The van der Waals surface area contributed by atoms with Gasteiger partial charge in [0.05, 0.1) is 22.8 Å². The molecule has 0 aliphatic heterocycles. The van der Waals surface area contributed by atoms with E-state index in [0.717, 1.165) is 33.4 Å². The number of nitrogens with zero attached hydrogens (tertiary/aromatic N) is 6. The van der Waals surface area contributed by atoms with Crippen LogP contribution in [0.2, 0.25) is 0 Å². The maximum absolute atomic E-state index is 9.61. The minimum Gasteiger partial charge on any atom is -0.493 e. The smallest absolute Gasteiger partial charge is 0.210 e. The van der Waals surface area contributed by atoms with Crippen molar-refractivity contribution in [3.8, 4) is 17.1 Å². The van der Waals surface area contributed by atoms with Gasteiger partial charge in [0.2, 0.25) is 5.88 Å². The lowest BCUT2D eigenvalue weighted by molar-refractivity contribution is 0.453. The first-order valence-electron chi connectivity index (χ1n) is 9.25. The van der Waals surface area contributed by atoms with Gasteiger partial charge in [0, 0.05) is 35.1 Å². The lowest BCUT2D eigenvalue weighted by Crippen LogP contribution is -2.10. The van der Waals surface area contributed by atoms with Gasteiger partial charge in [-0.3, -0.25) is 0 Å². The van der Waals surface area contributed by atoms with Crippen molar-refractivity contribution in [1.82, 2.24) is 29.1 Å². The van der Waals surface area contributed by atoms with Crippen LogP contribution >= 0.6 is 0 Å². The highest BCUT2D eigenvalue weighted by molar-refractivity contribution is 5.88. The SMILES string of the molecule is Cc1nn(C(C)c2cc3ccccn3c2-c2ccc(O)nc2)c2ncnc(N)c12. The molecule has 0 spiro atoms. The third kappa shape index (κ3) is 2.60. The predicted octanol–water partition coefficient (Wildman–Crippen LogP) is 3.35. The highest BCUT2D eigenvalue weighted by Gasteiger charge is 2.23. The van der Waals surface area contributed by atoms with Crippen LogP contribution in [-0.2, 0) is 0 Å². The van der Waals surface area contributed by atoms with Crippen LogP contribution in [0.25, 0.3) is 27.8 Å². The molecule has 0 radical (unpaired) electrons. The molecule has 5 aromatic rings. The molecule has 8 heteroatoms. The second kappa shape index (κ2) is 6.30. The van der Waals surface area contributed by atoms with E-state index in [2.05, 4.69) is 38.4 Å². The number of anilines is 1. The van der Waals surface area contributed by atoms with E-state index in [4.69, 9.17) is 10.8 Å². The summed E-state index contributed by atoms with van der Waals surface area (Å²) >= 11 is 0. The lowest BCUT2D eigenvalue weighted by atomic mass is 10.0. The van der Waals surface area contributed by atoms with Gasteiger partial charge >= 0.3 is 0 Å². The van der Waals surface area contributed by atoms with E-state index in [1.807, 2.05) is 36.0 Å². The number of nitrogen functional groups attached to an aromatic ring is 1. The summed E-state index contributed by atoms with van der Waals surface area (Å²) in [5.74, 6) is 0.418. The van der Waals surface area contributed by atoms with E-state index in [-0.39, 0.29) is 11.9 Å². The molecule has 5 rings (SSSR count). The van der Waals surface area contributed by atoms with Gasteiger partial charge in [-0.2, -0.15) is 5.10 Å². The second-order valence-corrected chi connectivity index (χ2v) is 7.01. The Labute approximate surface area is 166 Å². The molecule has 0 saturated carbocycles. The molecule has 0 fully saturated rings. The first-order chi connectivity index (χ1) is 14.0. The fourth-order valence-electron chi connectivity index (χ4n) is 3.87. The second-order valence-electron chi connectivity index (χ2n) is 7.01. The average Bonchev–Trinajstić information content (AvgIpc) is 3.27. The summed E-state index contributed by atoms with van der Waals surface area (Å²) < 4.78 is 4.00. The zero-order valence-corrected chi connectivity index (χ0v) is 16.0. The van der Waals surface area contributed by atoms with Crippen molar-refractivity contribution < 1.29 is 5.11 Å². The fraction of sp³-hybridized carbons (Fsp3) is 0.143. The molecule has 0 aliphatic carbocycles. The third-order valence-electron chi connectivity index (χ3n) is 5.24. The number of rotatable bonds is 3. The van der Waals surface area contributed by atoms with Gasteiger partial charge in [-0.25, -0.2) is 19.6 Å². The van der Waals surface area contributed by atoms with Crippen molar-refractivity contribution in [3.05, 3.63) is 66.4 Å². The maximum atomic E-state index is 9.61. The van der Waals surface area contributed by atoms with Crippen LogP contribution in [0.3, 0.4) is 0 Å². The molecule has 5 aromatic heterocycles. The van der Waals surface area contributed by atoms with E-state index in [1.165, 1.54) is 6.33 Å². The Morgan fingerprint density at radius 2 is 1.97 bits per heavy atom. The zero-order chi connectivity index (χ0) is 20.1. The molecule has 144 valence electrons. The molecule has 0 aliphatic rings. The Kier molecular flexibility index (Phi) is 3.73. The van der Waals surface area contributed by atoms with Crippen LogP contribution in [0.1, 0.15) is 24.2 Å². The fourth-order valence-corrected chi connectivity index (χ4v) is 3.87. The molecule has 0 aromatic carbocycles. The van der Waals surface area contributed by atoms with Gasteiger partial charge in [0.15, 0.2) is 5.65 Å². The van der Waals surface area contributed by atoms with Gasteiger partial charge < -0.3 is 15.2 Å². The summed E-state index contributed by atoms with van der Waals surface area (Å²) in [6.45, 7) is 3.99. The van der Waals surface area contributed by atoms with Crippen LogP contribution in [0.15, 0.2) is 55.1 Å². The van der Waals surface area contributed by atoms with E-state index >= 15 is 0 Å². The van der Waals surface area contributed by atoms with E-state index < -0.39 is 0 Å². The number of aromatic hydroxyl groups is 1. The lowest BCUT2D eigenvalue weighted by Gasteiger charge is -2.15. The highest BCUT2D eigenvalue weighted by atomic mass is 16.3. The predicted molar refractivity (Wildman–Crippen MR) is 111 cm³/mol.